The summed E-state index contributed by atoms with van der Waals surface area (Å²) >= 11 is 0. The maximum Gasteiger partial charge on any atom is 0.243 e. The van der Waals surface area contributed by atoms with E-state index >= 15 is 0 Å². The lowest BCUT2D eigenvalue weighted by Crippen LogP contribution is -2.48. The van der Waals surface area contributed by atoms with Gasteiger partial charge in [-0.1, -0.05) is 18.2 Å². The molecule has 5 rings (SSSR count). The molecule has 2 heterocycles. The summed E-state index contributed by atoms with van der Waals surface area (Å²) in [5.74, 6) is 2.84. The minimum atomic E-state index is -3.61. The summed E-state index contributed by atoms with van der Waals surface area (Å²) in [5.41, 5.74) is 1.76. The third-order valence-electron chi connectivity index (χ3n) is 6.04. The van der Waals surface area contributed by atoms with Crippen LogP contribution in [0.2, 0.25) is 0 Å². The van der Waals surface area contributed by atoms with Crippen LogP contribution in [-0.2, 0) is 10.0 Å². The number of piperazine rings is 1. The highest BCUT2D eigenvalue weighted by Crippen LogP contribution is 2.27. The molecule has 0 unspecified atom stereocenters. The molecule has 1 aliphatic rings. The molecule has 0 N–H and O–H groups in total. The van der Waals surface area contributed by atoms with Crippen molar-refractivity contribution in [1.82, 2.24) is 14.3 Å². The molecule has 36 heavy (non-hydrogen) atoms. The number of methoxy groups -OCH3 is 1. The Bertz CT molecular complexity index is 1400. The highest BCUT2D eigenvalue weighted by molar-refractivity contribution is 7.89. The summed E-state index contributed by atoms with van der Waals surface area (Å²) in [5, 5.41) is 0. The maximum absolute atomic E-state index is 13.2. The molecule has 3 aromatic carbocycles. The summed E-state index contributed by atoms with van der Waals surface area (Å²) in [4.78, 5) is 11.1. The van der Waals surface area contributed by atoms with Crippen molar-refractivity contribution in [3.63, 3.8) is 0 Å². The van der Waals surface area contributed by atoms with Crippen molar-refractivity contribution in [2.75, 3.05) is 38.2 Å². The fourth-order valence-corrected chi connectivity index (χ4v) is 5.47. The molecular weight excluding hydrogens is 476 g/mol. The molecular formula is C27H26N4O4S. The lowest BCUT2D eigenvalue weighted by molar-refractivity contribution is 0.383. The van der Waals surface area contributed by atoms with Gasteiger partial charge in [-0.3, -0.25) is 0 Å². The first-order valence-electron chi connectivity index (χ1n) is 11.6. The first-order valence-corrected chi connectivity index (χ1v) is 13.0. The third kappa shape index (κ3) is 5.17. The van der Waals surface area contributed by atoms with E-state index in [1.165, 1.54) is 10.6 Å². The van der Waals surface area contributed by atoms with E-state index in [0.717, 1.165) is 22.8 Å². The van der Waals surface area contributed by atoms with E-state index < -0.39 is 10.0 Å². The smallest absolute Gasteiger partial charge is 0.243 e. The molecule has 1 fully saturated rings. The van der Waals surface area contributed by atoms with Gasteiger partial charge in [0, 0.05) is 37.8 Å². The van der Waals surface area contributed by atoms with E-state index in [1.54, 1.807) is 31.4 Å². The van der Waals surface area contributed by atoms with Gasteiger partial charge in [0.05, 0.1) is 17.7 Å². The Kier molecular flexibility index (Phi) is 6.84. The quantitative estimate of drug-likeness (QED) is 0.369. The molecule has 4 aromatic rings. The van der Waals surface area contributed by atoms with Crippen molar-refractivity contribution in [3.8, 4) is 28.5 Å². The van der Waals surface area contributed by atoms with Crippen molar-refractivity contribution in [3.05, 3.63) is 91.3 Å². The standard InChI is InChI=1S/C27H26N4O4S/c1-34-22-9-7-21(8-10-22)26-19-27(29-20-28-26)30-15-17-31(18-16-30)36(32,33)25-13-11-24(12-14-25)35-23-5-3-2-4-6-23/h2-14,19-20H,15-18H2,1H3. The van der Waals surface area contributed by atoms with Gasteiger partial charge in [0.1, 0.15) is 29.4 Å². The van der Waals surface area contributed by atoms with Gasteiger partial charge in [-0.15, -0.1) is 0 Å². The van der Waals surface area contributed by atoms with Crippen LogP contribution >= 0.6 is 0 Å². The number of anilines is 1. The van der Waals surface area contributed by atoms with Gasteiger partial charge in [-0.25, -0.2) is 18.4 Å². The van der Waals surface area contributed by atoms with Gasteiger partial charge in [0.2, 0.25) is 10.0 Å². The Morgan fingerprint density at radius 2 is 1.39 bits per heavy atom. The molecule has 0 atom stereocenters. The SMILES string of the molecule is COc1ccc(-c2cc(N3CCN(S(=O)(=O)c4ccc(Oc5ccccc5)cc4)CC3)ncn2)cc1. The minimum absolute atomic E-state index is 0.250. The lowest BCUT2D eigenvalue weighted by Gasteiger charge is -2.34. The second-order valence-corrected chi connectivity index (χ2v) is 10.2. The molecule has 8 nitrogen and oxygen atoms in total. The maximum atomic E-state index is 13.2. The van der Waals surface area contributed by atoms with E-state index in [2.05, 4.69) is 14.9 Å². The third-order valence-corrected chi connectivity index (χ3v) is 7.95. The molecule has 1 saturated heterocycles. The lowest BCUT2D eigenvalue weighted by atomic mass is 10.1. The summed E-state index contributed by atoms with van der Waals surface area (Å²) in [6, 6.07) is 25.5. The van der Waals surface area contributed by atoms with Crippen molar-refractivity contribution in [1.29, 1.82) is 0 Å². The predicted molar refractivity (Wildman–Crippen MR) is 138 cm³/mol. The molecule has 0 saturated carbocycles. The number of sulfonamides is 1. The minimum Gasteiger partial charge on any atom is -0.497 e. The molecule has 0 radical (unpaired) electrons. The van der Waals surface area contributed by atoms with Gasteiger partial charge in [-0.2, -0.15) is 4.31 Å². The Labute approximate surface area is 210 Å². The van der Waals surface area contributed by atoms with E-state index in [0.29, 0.717) is 37.7 Å². The largest absolute Gasteiger partial charge is 0.497 e. The molecule has 1 aliphatic heterocycles. The fraction of sp³-hybridized carbons (Fsp3) is 0.185. The van der Waals surface area contributed by atoms with Crippen LogP contribution in [0.1, 0.15) is 0 Å². The topological polar surface area (TPSA) is 84.9 Å². The first kappa shape index (κ1) is 23.8. The van der Waals surface area contributed by atoms with Crippen molar-refractivity contribution in [2.45, 2.75) is 4.90 Å². The van der Waals surface area contributed by atoms with Gasteiger partial charge in [-0.05, 0) is 60.7 Å². The van der Waals surface area contributed by atoms with Gasteiger partial charge in [0.15, 0.2) is 0 Å². The number of benzene rings is 3. The van der Waals surface area contributed by atoms with Gasteiger partial charge < -0.3 is 14.4 Å². The van der Waals surface area contributed by atoms with Crippen molar-refractivity contribution in [2.24, 2.45) is 0 Å². The summed E-state index contributed by atoms with van der Waals surface area (Å²) in [6.07, 6.45) is 1.54. The Hall–Kier alpha value is -3.95. The molecule has 1 aromatic heterocycles. The Morgan fingerprint density at radius 3 is 2.06 bits per heavy atom. The number of nitrogens with zero attached hydrogens (tertiary/aromatic N) is 4. The Morgan fingerprint density at radius 1 is 0.750 bits per heavy atom. The summed E-state index contributed by atoms with van der Waals surface area (Å²) in [7, 11) is -1.98. The number of hydrogen-bond donors (Lipinski definition) is 0. The molecule has 0 aliphatic carbocycles. The van der Waals surface area contributed by atoms with Crippen LogP contribution in [-0.4, -0.2) is 56.0 Å². The van der Waals surface area contributed by atoms with Crippen LogP contribution in [0, 0.1) is 0 Å². The second-order valence-electron chi connectivity index (χ2n) is 8.27. The molecule has 0 bridgehead atoms. The van der Waals surface area contributed by atoms with E-state index in [-0.39, 0.29) is 4.90 Å². The first-order chi connectivity index (χ1) is 17.5. The number of aromatic nitrogens is 2. The van der Waals surface area contributed by atoms with E-state index in [4.69, 9.17) is 9.47 Å². The summed E-state index contributed by atoms with van der Waals surface area (Å²) in [6.45, 7) is 1.81. The van der Waals surface area contributed by atoms with Crippen molar-refractivity contribution >= 4 is 15.8 Å². The zero-order chi connectivity index (χ0) is 25.0. The molecule has 184 valence electrons. The predicted octanol–water partition coefficient (Wildman–Crippen LogP) is 4.46. The monoisotopic (exact) mass is 502 g/mol. The van der Waals surface area contributed by atoms with Crippen LogP contribution < -0.4 is 14.4 Å². The number of ether oxygens (including phenoxy) is 2. The van der Waals surface area contributed by atoms with Crippen molar-refractivity contribution < 1.29 is 17.9 Å². The molecule has 0 amide bonds. The zero-order valence-electron chi connectivity index (χ0n) is 19.8. The van der Waals surface area contributed by atoms with Crippen LogP contribution in [0.5, 0.6) is 17.2 Å². The molecule has 9 heteroatoms. The average molecular weight is 503 g/mol. The highest BCUT2D eigenvalue weighted by atomic mass is 32.2. The average Bonchev–Trinajstić information content (AvgIpc) is 2.94. The number of hydrogen-bond acceptors (Lipinski definition) is 7. The van der Waals surface area contributed by atoms with Crippen LogP contribution in [0.25, 0.3) is 11.3 Å². The zero-order valence-corrected chi connectivity index (χ0v) is 20.6. The number of para-hydroxylation sites is 1. The summed E-state index contributed by atoms with van der Waals surface area (Å²) < 4.78 is 39.0. The van der Waals surface area contributed by atoms with E-state index in [1.807, 2.05) is 60.7 Å². The van der Waals surface area contributed by atoms with E-state index in [9.17, 15) is 8.42 Å². The highest BCUT2D eigenvalue weighted by Gasteiger charge is 2.29. The fourth-order valence-electron chi connectivity index (χ4n) is 4.05. The van der Waals surface area contributed by atoms with Gasteiger partial charge in [0.25, 0.3) is 0 Å². The second kappa shape index (κ2) is 10.3. The van der Waals surface area contributed by atoms with Crippen LogP contribution in [0.3, 0.4) is 0 Å². The van der Waals surface area contributed by atoms with Gasteiger partial charge >= 0.3 is 0 Å². The van der Waals surface area contributed by atoms with Crippen LogP contribution in [0.15, 0.2) is 96.2 Å². The molecule has 0 spiro atoms. The number of rotatable bonds is 7. The normalized spacial score (nSPS) is 14.4. The Balaban J connectivity index is 1.24. The van der Waals surface area contributed by atoms with Crippen LogP contribution in [0.4, 0.5) is 5.82 Å².